The lowest BCUT2D eigenvalue weighted by molar-refractivity contribution is 1.18. The second-order valence-electron chi connectivity index (χ2n) is 5.17. The Morgan fingerprint density at radius 2 is 2.00 bits per heavy atom. The Hall–Kier alpha value is -1.97. The molecule has 0 radical (unpaired) electrons. The van der Waals surface area contributed by atoms with E-state index >= 15 is 0 Å². The van der Waals surface area contributed by atoms with Crippen LogP contribution in [-0.2, 0) is 0 Å². The smallest absolute Gasteiger partial charge is 0.0805 e. The van der Waals surface area contributed by atoms with Gasteiger partial charge in [-0.3, -0.25) is 4.98 Å². The standard InChI is InChI=1S/C18H13ClN2S/c1-21-16-7-6-13(19)11-17(16)22-18(21)10-12-8-9-20-15-5-3-2-4-14(12)15/h2-11H,1H3. The molecule has 108 valence electrons. The fourth-order valence-corrected chi connectivity index (χ4v) is 4.03. The lowest BCUT2D eigenvalue weighted by Crippen LogP contribution is -2.09. The summed E-state index contributed by atoms with van der Waals surface area (Å²) in [5.74, 6) is 0. The molecule has 0 unspecified atom stereocenters. The molecular weight excluding hydrogens is 312 g/mol. The second kappa shape index (κ2) is 5.34. The number of thioether (sulfide) groups is 1. The van der Waals surface area contributed by atoms with Crippen LogP contribution >= 0.6 is 23.4 Å². The molecule has 4 heteroatoms. The maximum absolute atomic E-state index is 6.10. The average molecular weight is 325 g/mol. The fourth-order valence-electron chi connectivity index (χ4n) is 2.65. The molecule has 0 fully saturated rings. The quantitative estimate of drug-likeness (QED) is 0.594. The van der Waals surface area contributed by atoms with Gasteiger partial charge in [0.25, 0.3) is 0 Å². The first-order valence-electron chi connectivity index (χ1n) is 6.99. The average Bonchev–Trinajstić information content (AvgIpc) is 2.83. The number of fused-ring (bicyclic) bond motifs is 2. The van der Waals surface area contributed by atoms with Crippen LogP contribution in [0.15, 0.2) is 64.7 Å². The zero-order chi connectivity index (χ0) is 15.1. The molecule has 0 bridgehead atoms. The Morgan fingerprint density at radius 3 is 2.91 bits per heavy atom. The topological polar surface area (TPSA) is 16.1 Å². The molecular formula is C18H13ClN2S. The summed E-state index contributed by atoms with van der Waals surface area (Å²) in [5, 5.41) is 3.13. The van der Waals surface area contributed by atoms with Crippen LogP contribution < -0.4 is 4.90 Å². The zero-order valence-corrected chi connectivity index (χ0v) is 13.5. The van der Waals surface area contributed by atoms with Crippen molar-refractivity contribution < 1.29 is 0 Å². The maximum atomic E-state index is 6.10. The van der Waals surface area contributed by atoms with E-state index < -0.39 is 0 Å². The minimum absolute atomic E-state index is 0.773. The molecule has 1 aromatic heterocycles. The number of hydrogen-bond acceptors (Lipinski definition) is 3. The molecule has 1 aliphatic heterocycles. The van der Waals surface area contributed by atoms with Gasteiger partial charge in [0.1, 0.15) is 0 Å². The first-order chi connectivity index (χ1) is 10.7. The summed E-state index contributed by atoms with van der Waals surface area (Å²) in [6, 6.07) is 16.3. The van der Waals surface area contributed by atoms with E-state index in [1.807, 2.05) is 36.5 Å². The minimum Gasteiger partial charge on any atom is -0.338 e. The first kappa shape index (κ1) is 13.7. The molecule has 2 heterocycles. The third-order valence-electron chi connectivity index (χ3n) is 3.79. The van der Waals surface area contributed by atoms with Gasteiger partial charge in [0.05, 0.1) is 16.2 Å². The minimum atomic E-state index is 0.773. The van der Waals surface area contributed by atoms with Gasteiger partial charge < -0.3 is 4.90 Å². The number of aromatic nitrogens is 1. The number of benzene rings is 2. The van der Waals surface area contributed by atoms with E-state index in [-0.39, 0.29) is 0 Å². The molecule has 0 saturated carbocycles. The van der Waals surface area contributed by atoms with Crippen molar-refractivity contribution in [3.05, 3.63) is 70.3 Å². The first-order valence-corrected chi connectivity index (χ1v) is 8.18. The summed E-state index contributed by atoms with van der Waals surface area (Å²) in [7, 11) is 2.09. The van der Waals surface area contributed by atoms with Crippen molar-refractivity contribution in [3.63, 3.8) is 0 Å². The molecule has 2 aromatic carbocycles. The van der Waals surface area contributed by atoms with Gasteiger partial charge in [-0.15, -0.1) is 0 Å². The van der Waals surface area contributed by atoms with Gasteiger partial charge in [0, 0.05) is 28.5 Å². The lowest BCUT2D eigenvalue weighted by atomic mass is 10.1. The Morgan fingerprint density at radius 1 is 1.14 bits per heavy atom. The summed E-state index contributed by atoms with van der Waals surface area (Å²) < 4.78 is 0. The highest BCUT2D eigenvalue weighted by molar-refractivity contribution is 8.03. The van der Waals surface area contributed by atoms with Crippen molar-refractivity contribution in [2.24, 2.45) is 0 Å². The van der Waals surface area contributed by atoms with E-state index in [1.165, 1.54) is 26.6 Å². The molecule has 0 amide bonds. The van der Waals surface area contributed by atoms with Crippen LogP contribution in [0.5, 0.6) is 0 Å². The highest BCUT2D eigenvalue weighted by atomic mass is 35.5. The van der Waals surface area contributed by atoms with E-state index in [9.17, 15) is 0 Å². The van der Waals surface area contributed by atoms with Crippen LogP contribution in [0.1, 0.15) is 5.56 Å². The van der Waals surface area contributed by atoms with Crippen LogP contribution in [-0.4, -0.2) is 12.0 Å². The summed E-state index contributed by atoms with van der Waals surface area (Å²) in [6.45, 7) is 0. The van der Waals surface area contributed by atoms with E-state index in [0.717, 1.165) is 10.5 Å². The van der Waals surface area contributed by atoms with Gasteiger partial charge in [-0.05, 0) is 42.0 Å². The number of halogens is 1. The van der Waals surface area contributed by atoms with Gasteiger partial charge >= 0.3 is 0 Å². The van der Waals surface area contributed by atoms with Crippen molar-refractivity contribution in [1.29, 1.82) is 0 Å². The van der Waals surface area contributed by atoms with Crippen LogP contribution in [0.3, 0.4) is 0 Å². The number of nitrogens with zero attached hydrogens (tertiary/aromatic N) is 2. The van der Waals surface area contributed by atoms with E-state index in [4.69, 9.17) is 11.6 Å². The van der Waals surface area contributed by atoms with Crippen LogP contribution in [0.4, 0.5) is 5.69 Å². The van der Waals surface area contributed by atoms with Crippen LogP contribution in [0.2, 0.25) is 5.02 Å². The molecule has 0 aliphatic carbocycles. The Kier molecular flexibility index (Phi) is 3.32. The highest BCUT2D eigenvalue weighted by Crippen LogP contribution is 2.46. The van der Waals surface area contributed by atoms with Crippen molar-refractivity contribution in [3.8, 4) is 0 Å². The summed E-state index contributed by atoms with van der Waals surface area (Å²) in [5.41, 5.74) is 3.39. The number of rotatable bonds is 1. The number of pyridine rings is 1. The molecule has 0 atom stereocenters. The third kappa shape index (κ3) is 2.27. The van der Waals surface area contributed by atoms with Crippen molar-refractivity contribution >= 4 is 46.0 Å². The maximum Gasteiger partial charge on any atom is 0.0805 e. The van der Waals surface area contributed by atoms with Crippen molar-refractivity contribution in [1.82, 2.24) is 4.98 Å². The predicted octanol–water partition coefficient (Wildman–Crippen LogP) is 5.43. The Bertz CT molecular complexity index is 899. The fraction of sp³-hybridized carbons (Fsp3) is 0.0556. The van der Waals surface area contributed by atoms with Crippen molar-refractivity contribution in [2.45, 2.75) is 4.90 Å². The normalized spacial score (nSPS) is 15.5. The van der Waals surface area contributed by atoms with Gasteiger partial charge in [-0.25, -0.2) is 0 Å². The van der Waals surface area contributed by atoms with E-state index in [0.29, 0.717) is 0 Å². The van der Waals surface area contributed by atoms with E-state index in [2.05, 4.69) is 41.2 Å². The number of para-hydroxylation sites is 1. The SMILES string of the molecule is CN1C(=Cc2ccnc3ccccc23)Sc2cc(Cl)ccc21. The molecule has 0 saturated heterocycles. The largest absolute Gasteiger partial charge is 0.338 e. The molecule has 4 rings (SSSR count). The van der Waals surface area contributed by atoms with Gasteiger partial charge in [0.15, 0.2) is 0 Å². The molecule has 2 nitrogen and oxygen atoms in total. The summed E-state index contributed by atoms with van der Waals surface area (Å²) >= 11 is 7.84. The van der Waals surface area contributed by atoms with Gasteiger partial charge in [-0.1, -0.05) is 41.6 Å². The van der Waals surface area contributed by atoms with Gasteiger partial charge in [0.2, 0.25) is 0 Å². The third-order valence-corrected chi connectivity index (χ3v) is 5.17. The van der Waals surface area contributed by atoms with Crippen LogP contribution in [0, 0.1) is 0 Å². The van der Waals surface area contributed by atoms with E-state index in [1.54, 1.807) is 11.8 Å². The second-order valence-corrected chi connectivity index (χ2v) is 6.67. The Labute approximate surface area is 138 Å². The Balaban J connectivity index is 1.81. The summed E-state index contributed by atoms with van der Waals surface area (Å²) in [4.78, 5) is 7.81. The lowest BCUT2D eigenvalue weighted by Gasteiger charge is -2.13. The molecule has 22 heavy (non-hydrogen) atoms. The van der Waals surface area contributed by atoms with Gasteiger partial charge in [-0.2, -0.15) is 0 Å². The highest BCUT2D eigenvalue weighted by Gasteiger charge is 2.22. The zero-order valence-electron chi connectivity index (χ0n) is 12.0. The molecule has 3 aromatic rings. The van der Waals surface area contributed by atoms with Crippen molar-refractivity contribution in [2.75, 3.05) is 11.9 Å². The van der Waals surface area contributed by atoms with Crippen LogP contribution in [0.25, 0.3) is 17.0 Å². The number of anilines is 1. The number of hydrogen-bond donors (Lipinski definition) is 0. The molecule has 1 aliphatic rings. The molecule has 0 N–H and O–H groups in total. The summed E-state index contributed by atoms with van der Waals surface area (Å²) in [6.07, 6.45) is 4.07. The monoisotopic (exact) mass is 324 g/mol. The predicted molar refractivity (Wildman–Crippen MR) is 95.4 cm³/mol. The molecule has 0 spiro atoms.